The van der Waals surface area contributed by atoms with Gasteiger partial charge < -0.3 is 25.1 Å². The fraction of sp³-hybridized carbons (Fsp3) is 0.182. The number of anilines is 1. The summed E-state index contributed by atoms with van der Waals surface area (Å²) in [5.41, 5.74) is 0.269. The van der Waals surface area contributed by atoms with Crippen molar-refractivity contribution < 1.29 is 24.6 Å². The number of thioether (sulfide) groups is 1. The Kier molecular flexibility index (Phi) is 5.19. The molecule has 18 heavy (non-hydrogen) atoms. The van der Waals surface area contributed by atoms with E-state index in [1.54, 1.807) is 0 Å². The minimum atomic E-state index is -1.34. The molecule has 0 radical (unpaired) electrons. The molecule has 6 nitrogen and oxygen atoms in total. The topological polar surface area (TPSA) is 109 Å². The maximum absolute atomic E-state index is 11.4. The van der Waals surface area contributed by atoms with Crippen molar-refractivity contribution in [3.05, 3.63) is 29.8 Å². The minimum absolute atomic E-state index is 0.0461. The summed E-state index contributed by atoms with van der Waals surface area (Å²) in [6.45, 7) is 0. The van der Waals surface area contributed by atoms with Gasteiger partial charge in [0.25, 0.3) is 0 Å². The van der Waals surface area contributed by atoms with Gasteiger partial charge in [0.15, 0.2) is 0 Å². The van der Waals surface area contributed by atoms with Crippen molar-refractivity contribution in [2.45, 2.75) is 0 Å². The van der Waals surface area contributed by atoms with Crippen molar-refractivity contribution in [2.24, 2.45) is 0 Å². The summed E-state index contributed by atoms with van der Waals surface area (Å²) < 4.78 is 0. The number of hydrogen-bond donors (Lipinski definition) is 1. The number of amides is 1. The predicted molar refractivity (Wildman–Crippen MR) is 61.7 cm³/mol. The second-order valence-electron chi connectivity index (χ2n) is 3.28. The van der Waals surface area contributed by atoms with Crippen molar-refractivity contribution in [2.75, 3.05) is 16.8 Å². The van der Waals surface area contributed by atoms with Gasteiger partial charge in [-0.1, -0.05) is 12.1 Å². The van der Waals surface area contributed by atoms with Gasteiger partial charge in [-0.2, -0.15) is 0 Å². The molecule has 1 N–H and O–H groups in total. The number of carbonyl (C=O) groups excluding carboxylic acids is 3. The maximum atomic E-state index is 11.4. The molecule has 0 spiro atoms. The Morgan fingerprint density at radius 2 is 1.89 bits per heavy atom. The first-order chi connectivity index (χ1) is 8.49. The standard InChI is InChI=1S/C11H11NO5S/c13-9(5-18-6-10(14)15)12-8-3-1-2-7(4-8)11(16)17/h1-4H,5-6H2,(H,12,13)(H,14,15)(H,16,17)/p-2. The molecular weight excluding hydrogens is 258 g/mol. The Balaban J connectivity index is 2.51. The summed E-state index contributed by atoms with van der Waals surface area (Å²) in [6, 6.07) is 5.59. The van der Waals surface area contributed by atoms with Crippen LogP contribution in [-0.4, -0.2) is 29.4 Å². The molecule has 1 aromatic carbocycles. The highest BCUT2D eigenvalue weighted by molar-refractivity contribution is 8.00. The maximum Gasteiger partial charge on any atom is 0.234 e. The van der Waals surface area contributed by atoms with E-state index in [9.17, 15) is 24.6 Å². The van der Waals surface area contributed by atoms with Crippen LogP contribution in [0.2, 0.25) is 0 Å². The number of rotatable bonds is 6. The van der Waals surface area contributed by atoms with Crippen LogP contribution in [0.3, 0.4) is 0 Å². The number of benzene rings is 1. The number of hydrogen-bond acceptors (Lipinski definition) is 6. The molecular formula is C11H9NO5S-2. The lowest BCUT2D eigenvalue weighted by atomic mass is 10.2. The Morgan fingerprint density at radius 3 is 2.50 bits per heavy atom. The van der Waals surface area contributed by atoms with Gasteiger partial charge in [-0.3, -0.25) is 4.79 Å². The summed E-state index contributed by atoms with van der Waals surface area (Å²) >= 11 is 0.896. The van der Waals surface area contributed by atoms with Crippen molar-refractivity contribution in [3.8, 4) is 0 Å². The van der Waals surface area contributed by atoms with Gasteiger partial charge in [0.05, 0.1) is 17.7 Å². The molecule has 0 saturated heterocycles. The quantitative estimate of drug-likeness (QED) is 0.669. The number of aromatic carboxylic acids is 1. The van der Waals surface area contributed by atoms with Gasteiger partial charge in [-0.25, -0.2) is 0 Å². The first kappa shape index (κ1) is 14.0. The van der Waals surface area contributed by atoms with Gasteiger partial charge in [0.1, 0.15) is 0 Å². The van der Waals surface area contributed by atoms with Crippen molar-refractivity contribution in [3.63, 3.8) is 0 Å². The first-order valence-corrected chi connectivity index (χ1v) is 6.03. The van der Waals surface area contributed by atoms with Crippen LogP contribution in [0.1, 0.15) is 10.4 Å². The third-order valence-corrected chi connectivity index (χ3v) is 2.74. The van der Waals surface area contributed by atoms with E-state index < -0.39 is 17.8 Å². The molecule has 0 unspecified atom stereocenters. The van der Waals surface area contributed by atoms with Crippen LogP contribution >= 0.6 is 11.8 Å². The van der Waals surface area contributed by atoms with E-state index in [1.807, 2.05) is 0 Å². The molecule has 0 aliphatic carbocycles. The summed E-state index contributed by atoms with van der Waals surface area (Å²) in [5, 5.41) is 23.2. The summed E-state index contributed by atoms with van der Waals surface area (Å²) in [5.74, 6) is -3.32. The third-order valence-electron chi connectivity index (χ3n) is 1.84. The highest BCUT2D eigenvalue weighted by atomic mass is 32.2. The van der Waals surface area contributed by atoms with Gasteiger partial charge in [-0.15, -0.1) is 11.8 Å². The van der Waals surface area contributed by atoms with Gasteiger partial charge in [0, 0.05) is 11.4 Å². The molecule has 0 bridgehead atoms. The number of carbonyl (C=O) groups is 3. The van der Waals surface area contributed by atoms with Crippen LogP contribution < -0.4 is 15.5 Å². The molecule has 96 valence electrons. The van der Waals surface area contributed by atoms with Crippen LogP contribution in [0.15, 0.2) is 24.3 Å². The van der Waals surface area contributed by atoms with Crippen LogP contribution in [0.4, 0.5) is 5.69 Å². The lowest BCUT2D eigenvalue weighted by molar-refractivity contribution is -0.301. The molecule has 0 fully saturated rings. The minimum Gasteiger partial charge on any atom is -0.549 e. The molecule has 0 aliphatic rings. The predicted octanol–water partition coefficient (Wildman–Crippen LogP) is -1.53. The normalized spacial score (nSPS) is 9.78. The number of carboxylic acid groups (broad SMARTS) is 2. The fourth-order valence-electron chi connectivity index (χ4n) is 1.15. The zero-order chi connectivity index (χ0) is 13.5. The highest BCUT2D eigenvalue weighted by Crippen LogP contribution is 2.10. The van der Waals surface area contributed by atoms with E-state index in [4.69, 9.17) is 0 Å². The van der Waals surface area contributed by atoms with Gasteiger partial charge >= 0.3 is 0 Å². The average molecular weight is 267 g/mol. The van der Waals surface area contributed by atoms with Crippen LogP contribution in [0, 0.1) is 0 Å². The lowest BCUT2D eigenvalue weighted by Gasteiger charge is -2.08. The largest absolute Gasteiger partial charge is 0.549 e. The fourth-order valence-corrected chi connectivity index (χ4v) is 1.67. The summed E-state index contributed by atoms with van der Waals surface area (Å²) in [6.07, 6.45) is 0. The molecule has 7 heteroatoms. The van der Waals surface area contributed by atoms with Crippen LogP contribution in [-0.2, 0) is 9.59 Å². The van der Waals surface area contributed by atoms with E-state index in [2.05, 4.69) is 5.32 Å². The Labute approximate surface area is 107 Å². The highest BCUT2D eigenvalue weighted by Gasteiger charge is 2.03. The first-order valence-electron chi connectivity index (χ1n) is 4.88. The third kappa shape index (κ3) is 4.88. The van der Waals surface area contributed by atoms with E-state index in [0.717, 1.165) is 11.8 Å². The van der Waals surface area contributed by atoms with E-state index in [1.165, 1.54) is 24.3 Å². The van der Waals surface area contributed by atoms with Crippen LogP contribution in [0.25, 0.3) is 0 Å². The molecule has 0 heterocycles. The smallest absolute Gasteiger partial charge is 0.234 e. The number of nitrogens with one attached hydrogen (secondary N) is 1. The average Bonchev–Trinajstić information content (AvgIpc) is 2.28. The van der Waals surface area contributed by atoms with Crippen molar-refractivity contribution in [1.29, 1.82) is 0 Å². The van der Waals surface area contributed by atoms with Crippen molar-refractivity contribution >= 4 is 35.3 Å². The number of aliphatic carboxylic acids is 1. The molecule has 0 aliphatic heterocycles. The van der Waals surface area contributed by atoms with Gasteiger partial charge in [0.2, 0.25) is 5.91 Å². The Hall–Kier alpha value is -2.02. The molecule has 1 rings (SSSR count). The molecule has 0 atom stereocenters. The molecule has 0 aromatic heterocycles. The summed E-state index contributed by atoms with van der Waals surface area (Å²) in [7, 11) is 0. The summed E-state index contributed by atoms with van der Waals surface area (Å²) in [4.78, 5) is 32.1. The molecule has 1 amide bonds. The van der Waals surface area contributed by atoms with E-state index in [-0.39, 0.29) is 17.1 Å². The zero-order valence-corrected chi connectivity index (χ0v) is 9.99. The zero-order valence-electron chi connectivity index (χ0n) is 9.17. The second-order valence-corrected chi connectivity index (χ2v) is 4.27. The second kappa shape index (κ2) is 6.65. The van der Waals surface area contributed by atoms with Crippen molar-refractivity contribution in [1.82, 2.24) is 0 Å². The molecule has 0 saturated carbocycles. The monoisotopic (exact) mass is 267 g/mol. The Morgan fingerprint density at radius 1 is 1.17 bits per heavy atom. The lowest BCUT2D eigenvalue weighted by Crippen LogP contribution is -2.25. The van der Waals surface area contributed by atoms with E-state index >= 15 is 0 Å². The van der Waals surface area contributed by atoms with Gasteiger partial charge in [-0.05, 0) is 17.7 Å². The number of carboxylic acids is 2. The van der Waals surface area contributed by atoms with E-state index in [0.29, 0.717) is 5.69 Å². The SMILES string of the molecule is O=C([O-])CSCC(=O)Nc1cccc(C(=O)[O-])c1. The Bertz CT molecular complexity index is 474. The van der Waals surface area contributed by atoms with Crippen LogP contribution in [0.5, 0.6) is 0 Å². The molecule has 1 aromatic rings.